The Balaban J connectivity index is 2.01. The number of fused-ring (bicyclic) bond motifs is 1. The van der Waals surface area contributed by atoms with Gasteiger partial charge in [-0.3, -0.25) is 19.7 Å². The summed E-state index contributed by atoms with van der Waals surface area (Å²) >= 11 is 0. The summed E-state index contributed by atoms with van der Waals surface area (Å²) in [4.78, 5) is 36.8. The van der Waals surface area contributed by atoms with E-state index in [4.69, 9.17) is 4.74 Å². The van der Waals surface area contributed by atoms with E-state index in [0.717, 1.165) is 5.56 Å². The second-order valence-corrected chi connectivity index (χ2v) is 6.36. The lowest BCUT2D eigenvalue weighted by Gasteiger charge is -2.33. The summed E-state index contributed by atoms with van der Waals surface area (Å²) in [5.74, 6) is -2.11. The molecule has 1 amide bonds. The number of nitro groups is 1. The number of carbonyl (C=O) groups is 2. The Morgan fingerprint density at radius 3 is 2.63 bits per heavy atom. The maximum Gasteiger partial charge on any atom is 0.312 e. The zero-order chi connectivity index (χ0) is 19.7. The number of methoxy groups -OCH3 is 1. The van der Waals surface area contributed by atoms with Crippen LogP contribution in [0.1, 0.15) is 33.0 Å². The first kappa shape index (κ1) is 18.4. The smallest absolute Gasteiger partial charge is 0.312 e. The van der Waals surface area contributed by atoms with E-state index in [1.54, 1.807) is 31.2 Å². The SMILES string of the molecule is COc1cc(C(=O)N2Cc3ccccc3C(C(=O)O)C2)cc([N+](=O)[O-])c1C. The Hall–Kier alpha value is -3.42. The Morgan fingerprint density at radius 2 is 2.00 bits per heavy atom. The van der Waals surface area contributed by atoms with Gasteiger partial charge in [0.2, 0.25) is 0 Å². The lowest BCUT2D eigenvalue weighted by molar-refractivity contribution is -0.385. The summed E-state index contributed by atoms with van der Waals surface area (Å²) < 4.78 is 5.16. The predicted octanol–water partition coefficient (Wildman–Crippen LogP) is 2.74. The third-order valence-corrected chi connectivity index (χ3v) is 4.78. The summed E-state index contributed by atoms with van der Waals surface area (Å²) in [6.07, 6.45) is 0. The monoisotopic (exact) mass is 370 g/mol. The van der Waals surface area contributed by atoms with Gasteiger partial charge in [0, 0.05) is 19.2 Å². The molecule has 2 aromatic carbocycles. The number of hydrogen-bond acceptors (Lipinski definition) is 5. The molecule has 1 aliphatic rings. The minimum atomic E-state index is -1.02. The number of rotatable bonds is 4. The molecule has 1 atom stereocenters. The first-order chi connectivity index (χ1) is 12.8. The standard InChI is InChI=1S/C19H18N2O6/c1-11-16(21(25)26)7-13(8-17(11)27-2)18(22)20-9-12-5-3-4-6-14(12)15(10-20)19(23)24/h3-8,15H,9-10H2,1-2H3,(H,23,24). The molecule has 0 aromatic heterocycles. The van der Waals surface area contributed by atoms with Gasteiger partial charge in [0.15, 0.2) is 0 Å². The van der Waals surface area contributed by atoms with Crippen LogP contribution in [-0.4, -0.2) is 40.5 Å². The Bertz CT molecular complexity index is 940. The van der Waals surface area contributed by atoms with Crippen LogP contribution in [0, 0.1) is 17.0 Å². The van der Waals surface area contributed by atoms with Crippen LogP contribution in [0.3, 0.4) is 0 Å². The van der Waals surface area contributed by atoms with Gasteiger partial charge in [0.25, 0.3) is 11.6 Å². The average molecular weight is 370 g/mol. The number of benzene rings is 2. The van der Waals surface area contributed by atoms with E-state index in [1.165, 1.54) is 24.1 Å². The quantitative estimate of drug-likeness (QED) is 0.654. The highest BCUT2D eigenvalue weighted by atomic mass is 16.6. The molecule has 27 heavy (non-hydrogen) atoms. The molecule has 1 unspecified atom stereocenters. The molecule has 0 aliphatic carbocycles. The van der Waals surface area contributed by atoms with E-state index >= 15 is 0 Å². The van der Waals surface area contributed by atoms with E-state index in [-0.39, 0.29) is 30.1 Å². The van der Waals surface area contributed by atoms with Crippen LogP contribution in [0.4, 0.5) is 5.69 Å². The largest absolute Gasteiger partial charge is 0.496 e. The van der Waals surface area contributed by atoms with Crippen LogP contribution in [0.25, 0.3) is 0 Å². The van der Waals surface area contributed by atoms with Crippen LogP contribution in [0.15, 0.2) is 36.4 Å². The Morgan fingerprint density at radius 1 is 1.30 bits per heavy atom. The molecule has 0 bridgehead atoms. The fourth-order valence-corrected chi connectivity index (χ4v) is 3.35. The van der Waals surface area contributed by atoms with E-state index in [0.29, 0.717) is 11.1 Å². The Labute approximate surface area is 155 Å². The molecular weight excluding hydrogens is 352 g/mol. The lowest BCUT2D eigenvalue weighted by atomic mass is 9.89. The maximum atomic E-state index is 13.0. The van der Waals surface area contributed by atoms with Gasteiger partial charge < -0.3 is 14.7 Å². The number of carboxylic acid groups (broad SMARTS) is 1. The molecule has 1 heterocycles. The van der Waals surface area contributed by atoms with Crippen LogP contribution >= 0.6 is 0 Å². The van der Waals surface area contributed by atoms with E-state index in [9.17, 15) is 24.8 Å². The van der Waals surface area contributed by atoms with Crippen molar-refractivity contribution in [2.24, 2.45) is 0 Å². The van der Waals surface area contributed by atoms with Gasteiger partial charge in [0.1, 0.15) is 5.75 Å². The number of amides is 1. The van der Waals surface area contributed by atoms with Crippen molar-refractivity contribution < 1.29 is 24.4 Å². The number of nitrogens with zero attached hydrogens (tertiary/aromatic N) is 2. The van der Waals surface area contributed by atoms with Gasteiger partial charge in [-0.05, 0) is 24.1 Å². The summed E-state index contributed by atoms with van der Waals surface area (Å²) in [6.45, 7) is 1.78. The zero-order valence-electron chi connectivity index (χ0n) is 14.8. The molecule has 2 aromatic rings. The van der Waals surface area contributed by atoms with Gasteiger partial charge in [-0.15, -0.1) is 0 Å². The van der Waals surface area contributed by atoms with E-state index in [1.807, 2.05) is 0 Å². The van der Waals surface area contributed by atoms with Crippen molar-refractivity contribution in [1.29, 1.82) is 0 Å². The summed E-state index contributed by atoms with van der Waals surface area (Å²) in [5, 5.41) is 20.8. The van der Waals surface area contributed by atoms with Crippen molar-refractivity contribution >= 4 is 17.6 Å². The first-order valence-electron chi connectivity index (χ1n) is 8.26. The van der Waals surface area contributed by atoms with Crippen LogP contribution < -0.4 is 4.74 Å². The van der Waals surface area contributed by atoms with Crippen LogP contribution in [-0.2, 0) is 11.3 Å². The second kappa shape index (κ2) is 7.06. The average Bonchev–Trinajstić information content (AvgIpc) is 2.66. The molecule has 0 radical (unpaired) electrons. The Kier molecular flexibility index (Phi) is 4.81. The minimum absolute atomic E-state index is 0.00479. The summed E-state index contributed by atoms with van der Waals surface area (Å²) in [5.41, 5.74) is 1.63. The van der Waals surface area contributed by atoms with Crippen molar-refractivity contribution in [1.82, 2.24) is 4.90 Å². The van der Waals surface area contributed by atoms with Gasteiger partial charge in [-0.2, -0.15) is 0 Å². The lowest BCUT2D eigenvalue weighted by Crippen LogP contribution is -2.40. The molecule has 0 saturated carbocycles. The third-order valence-electron chi connectivity index (χ3n) is 4.78. The number of nitro benzene ring substituents is 1. The molecule has 1 aliphatic heterocycles. The molecule has 1 N–H and O–H groups in total. The fraction of sp³-hybridized carbons (Fsp3) is 0.263. The van der Waals surface area contributed by atoms with Crippen LogP contribution in [0.5, 0.6) is 5.75 Å². The van der Waals surface area contributed by atoms with Gasteiger partial charge >= 0.3 is 5.97 Å². The number of ether oxygens (including phenoxy) is 1. The van der Waals surface area contributed by atoms with Crippen molar-refractivity contribution in [2.45, 2.75) is 19.4 Å². The molecule has 8 heteroatoms. The topological polar surface area (TPSA) is 110 Å². The van der Waals surface area contributed by atoms with Gasteiger partial charge in [0.05, 0.1) is 29.1 Å². The summed E-state index contributed by atoms with van der Waals surface area (Å²) in [6, 6.07) is 9.72. The molecule has 140 valence electrons. The zero-order valence-corrected chi connectivity index (χ0v) is 14.8. The van der Waals surface area contributed by atoms with Crippen molar-refractivity contribution in [3.63, 3.8) is 0 Å². The molecule has 8 nitrogen and oxygen atoms in total. The maximum absolute atomic E-state index is 13.0. The number of carboxylic acids is 1. The van der Waals surface area contributed by atoms with E-state index in [2.05, 4.69) is 0 Å². The molecule has 3 rings (SSSR count). The van der Waals surface area contributed by atoms with Crippen molar-refractivity contribution in [3.05, 3.63) is 68.8 Å². The fourth-order valence-electron chi connectivity index (χ4n) is 3.35. The molecule has 0 fully saturated rings. The first-order valence-corrected chi connectivity index (χ1v) is 8.26. The molecule has 0 spiro atoms. The highest BCUT2D eigenvalue weighted by Gasteiger charge is 2.33. The third kappa shape index (κ3) is 3.33. The normalized spacial score (nSPS) is 15.8. The van der Waals surface area contributed by atoms with Gasteiger partial charge in [-0.25, -0.2) is 0 Å². The van der Waals surface area contributed by atoms with Gasteiger partial charge in [-0.1, -0.05) is 24.3 Å². The highest BCUT2D eigenvalue weighted by molar-refractivity contribution is 5.96. The van der Waals surface area contributed by atoms with Crippen LogP contribution in [0.2, 0.25) is 0 Å². The van der Waals surface area contributed by atoms with E-state index < -0.39 is 22.7 Å². The predicted molar refractivity (Wildman–Crippen MR) is 95.9 cm³/mol. The number of aliphatic carboxylic acids is 1. The summed E-state index contributed by atoms with van der Waals surface area (Å²) in [7, 11) is 1.37. The molecule has 0 saturated heterocycles. The highest BCUT2D eigenvalue weighted by Crippen LogP contribution is 2.33. The number of hydrogen-bond donors (Lipinski definition) is 1. The molecular formula is C19H18N2O6. The number of carbonyl (C=O) groups excluding carboxylic acids is 1. The second-order valence-electron chi connectivity index (χ2n) is 6.36. The van der Waals surface area contributed by atoms with Crippen molar-refractivity contribution in [3.8, 4) is 5.75 Å². The van der Waals surface area contributed by atoms with Crippen molar-refractivity contribution in [2.75, 3.05) is 13.7 Å². The minimum Gasteiger partial charge on any atom is -0.496 e.